The predicted molar refractivity (Wildman–Crippen MR) is 112 cm³/mol. The van der Waals surface area contributed by atoms with Crippen molar-refractivity contribution >= 4 is 40.4 Å². The first kappa shape index (κ1) is 20.2. The number of hydrogen-bond donors (Lipinski definition) is 1. The molecular formula is C20H23ClN2O2S. The molecular weight excluding hydrogens is 368 g/mol. The first-order valence-corrected chi connectivity index (χ1v) is 9.05. The molecule has 0 heterocycles. The van der Waals surface area contributed by atoms with Crippen LogP contribution in [0.2, 0.25) is 5.02 Å². The largest absolute Gasteiger partial charge is 0.470 e. The fourth-order valence-electron chi connectivity index (χ4n) is 2.47. The van der Waals surface area contributed by atoms with Crippen molar-refractivity contribution in [3.8, 4) is 0 Å². The van der Waals surface area contributed by atoms with Crippen LogP contribution in [-0.4, -0.2) is 25.9 Å². The molecule has 2 rings (SSSR count). The lowest BCUT2D eigenvalue weighted by atomic mass is 10.1. The molecule has 0 aromatic heterocycles. The van der Waals surface area contributed by atoms with E-state index in [1.807, 2.05) is 62.5 Å². The van der Waals surface area contributed by atoms with Crippen LogP contribution >= 0.6 is 23.8 Å². The fraction of sp³-hybridized carbons (Fsp3) is 0.250. The van der Waals surface area contributed by atoms with Crippen LogP contribution in [0.5, 0.6) is 0 Å². The summed E-state index contributed by atoms with van der Waals surface area (Å²) in [5.41, 5.74) is 4.01. The normalized spacial score (nSPS) is 11.2. The number of hydroxylamine groups is 1. The number of para-hydroxylation sites is 1. The monoisotopic (exact) mass is 390 g/mol. The van der Waals surface area contributed by atoms with E-state index < -0.39 is 0 Å². The van der Waals surface area contributed by atoms with Gasteiger partial charge in [0.05, 0.1) is 19.4 Å². The van der Waals surface area contributed by atoms with Crippen LogP contribution in [-0.2, 0) is 16.0 Å². The van der Waals surface area contributed by atoms with Gasteiger partial charge in [-0.1, -0.05) is 48.0 Å². The average Bonchev–Trinajstić information content (AvgIpc) is 2.66. The molecule has 0 saturated carbocycles. The number of hydrogen-bond acceptors (Lipinski definition) is 4. The third-order valence-corrected chi connectivity index (χ3v) is 4.36. The van der Waals surface area contributed by atoms with Crippen molar-refractivity contribution in [3.63, 3.8) is 0 Å². The van der Waals surface area contributed by atoms with Gasteiger partial charge in [0.25, 0.3) is 5.17 Å². The molecule has 0 atom stereocenters. The zero-order valence-corrected chi connectivity index (χ0v) is 16.7. The molecule has 0 radical (unpaired) electrons. The molecule has 0 saturated heterocycles. The van der Waals surface area contributed by atoms with Gasteiger partial charge in [0.1, 0.15) is 0 Å². The van der Waals surface area contributed by atoms with Crippen molar-refractivity contribution < 1.29 is 9.57 Å². The number of halogens is 1. The van der Waals surface area contributed by atoms with Crippen molar-refractivity contribution in [2.75, 3.05) is 25.8 Å². The number of allylic oxidation sites excluding steroid dienone is 1. The van der Waals surface area contributed by atoms with Gasteiger partial charge in [-0.2, -0.15) is 0 Å². The Morgan fingerprint density at radius 1 is 1.19 bits per heavy atom. The Morgan fingerprint density at radius 2 is 1.88 bits per heavy atom. The Hall–Kier alpha value is -2.08. The fourth-order valence-corrected chi connectivity index (χ4v) is 2.79. The van der Waals surface area contributed by atoms with Crippen molar-refractivity contribution in [3.05, 3.63) is 70.8 Å². The summed E-state index contributed by atoms with van der Waals surface area (Å²) in [6, 6.07) is 15.6. The Labute approximate surface area is 165 Å². The molecule has 2 aromatic rings. The Balaban J connectivity index is 1.90. The molecule has 0 unspecified atom stereocenters. The zero-order chi connectivity index (χ0) is 18.9. The molecule has 0 fully saturated rings. The first-order chi connectivity index (χ1) is 12.5. The quantitative estimate of drug-likeness (QED) is 0.540. The Morgan fingerprint density at radius 3 is 2.54 bits per heavy atom. The zero-order valence-electron chi connectivity index (χ0n) is 15.2. The summed E-state index contributed by atoms with van der Waals surface area (Å²) < 4.78 is 5.69. The minimum atomic E-state index is 0.339. The SMILES string of the molecule is C/C=C(\NC(=S)OCCc1ccccc1N(C)OC)c1ccc(Cl)cc1. The number of benzene rings is 2. The first-order valence-electron chi connectivity index (χ1n) is 8.27. The molecule has 2 aromatic carbocycles. The number of anilines is 1. The highest BCUT2D eigenvalue weighted by molar-refractivity contribution is 7.80. The third-order valence-electron chi connectivity index (χ3n) is 3.89. The van der Waals surface area contributed by atoms with Gasteiger partial charge in [-0.25, -0.2) is 0 Å². The molecule has 0 bridgehead atoms. The Bertz CT molecular complexity index is 763. The van der Waals surface area contributed by atoms with E-state index in [1.54, 1.807) is 12.2 Å². The van der Waals surface area contributed by atoms with Gasteiger partial charge in [0.15, 0.2) is 0 Å². The van der Waals surface area contributed by atoms with E-state index in [1.165, 1.54) is 0 Å². The van der Waals surface area contributed by atoms with Gasteiger partial charge >= 0.3 is 0 Å². The molecule has 26 heavy (non-hydrogen) atoms. The second kappa shape index (κ2) is 10.2. The van der Waals surface area contributed by atoms with E-state index in [4.69, 9.17) is 33.4 Å². The average molecular weight is 391 g/mol. The van der Waals surface area contributed by atoms with Crippen LogP contribution < -0.4 is 10.4 Å². The highest BCUT2D eigenvalue weighted by atomic mass is 35.5. The van der Waals surface area contributed by atoms with E-state index in [0.29, 0.717) is 16.8 Å². The minimum Gasteiger partial charge on any atom is -0.470 e. The van der Waals surface area contributed by atoms with Crippen molar-refractivity contribution in [1.82, 2.24) is 5.32 Å². The summed E-state index contributed by atoms with van der Waals surface area (Å²) in [5.74, 6) is 0. The lowest BCUT2D eigenvalue weighted by Gasteiger charge is -2.20. The van der Waals surface area contributed by atoms with Gasteiger partial charge in [-0.05, 0) is 48.5 Å². The highest BCUT2D eigenvalue weighted by Crippen LogP contribution is 2.20. The van der Waals surface area contributed by atoms with E-state index >= 15 is 0 Å². The second-order valence-corrected chi connectivity index (χ2v) is 6.34. The highest BCUT2D eigenvalue weighted by Gasteiger charge is 2.08. The lowest BCUT2D eigenvalue weighted by Crippen LogP contribution is -2.24. The van der Waals surface area contributed by atoms with Crippen molar-refractivity contribution in [2.24, 2.45) is 0 Å². The van der Waals surface area contributed by atoms with E-state index in [9.17, 15) is 0 Å². The molecule has 138 valence electrons. The van der Waals surface area contributed by atoms with Crippen LogP contribution in [0.1, 0.15) is 18.1 Å². The summed E-state index contributed by atoms with van der Waals surface area (Å²) >= 11 is 11.2. The van der Waals surface area contributed by atoms with Crippen LogP contribution in [0.25, 0.3) is 5.70 Å². The summed E-state index contributed by atoms with van der Waals surface area (Å²) in [6.07, 6.45) is 2.67. The van der Waals surface area contributed by atoms with Crippen LogP contribution in [0.3, 0.4) is 0 Å². The third kappa shape index (κ3) is 5.73. The molecule has 0 spiro atoms. The van der Waals surface area contributed by atoms with Gasteiger partial charge < -0.3 is 10.1 Å². The van der Waals surface area contributed by atoms with Gasteiger partial charge in [-0.15, -0.1) is 0 Å². The smallest absolute Gasteiger partial charge is 0.261 e. The minimum absolute atomic E-state index is 0.339. The maximum absolute atomic E-state index is 5.93. The summed E-state index contributed by atoms with van der Waals surface area (Å²) in [7, 11) is 3.51. The summed E-state index contributed by atoms with van der Waals surface area (Å²) in [4.78, 5) is 5.27. The van der Waals surface area contributed by atoms with Crippen molar-refractivity contribution in [2.45, 2.75) is 13.3 Å². The maximum Gasteiger partial charge on any atom is 0.261 e. The lowest BCUT2D eigenvalue weighted by molar-refractivity contribution is 0.184. The molecule has 0 amide bonds. The van der Waals surface area contributed by atoms with E-state index in [-0.39, 0.29) is 0 Å². The number of thiocarbonyl (C=S) groups is 1. The maximum atomic E-state index is 5.93. The second-order valence-electron chi connectivity index (χ2n) is 5.53. The molecule has 0 aliphatic carbocycles. The van der Waals surface area contributed by atoms with Gasteiger partial charge in [0, 0.05) is 24.2 Å². The number of rotatable bonds is 7. The number of ether oxygens (including phenoxy) is 1. The van der Waals surface area contributed by atoms with Gasteiger partial charge in [0.2, 0.25) is 0 Å². The summed E-state index contributed by atoms with van der Waals surface area (Å²) in [5, 5.41) is 5.89. The number of nitrogens with zero attached hydrogens (tertiary/aromatic N) is 1. The van der Waals surface area contributed by atoms with Gasteiger partial charge in [-0.3, -0.25) is 9.90 Å². The Kier molecular flexibility index (Phi) is 7.91. The van der Waals surface area contributed by atoms with Crippen LogP contribution in [0, 0.1) is 0 Å². The van der Waals surface area contributed by atoms with Crippen LogP contribution in [0.15, 0.2) is 54.6 Å². The molecule has 0 aliphatic rings. The van der Waals surface area contributed by atoms with E-state index in [0.717, 1.165) is 28.9 Å². The van der Waals surface area contributed by atoms with Crippen LogP contribution in [0.4, 0.5) is 5.69 Å². The van der Waals surface area contributed by atoms with E-state index in [2.05, 4.69) is 11.4 Å². The standard InChI is InChI=1S/C20H23ClN2O2S/c1-4-18(15-9-11-17(21)12-10-15)22-20(26)25-14-13-16-7-5-6-8-19(16)23(2)24-3/h4-12H,13-14H2,1-3H3,(H,22,26)/b18-4-. The molecule has 0 aliphatic heterocycles. The van der Waals surface area contributed by atoms with Crippen molar-refractivity contribution in [1.29, 1.82) is 0 Å². The molecule has 1 N–H and O–H groups in total. The molecule has 4 nitrogen and oxygen atoms in total. The molecule has 6 heteroatoms. The predicted octanol–water partition coefficient (Wildman–Crippen LogP) is 4.83. The topological polar surface area (TPSA) is 33.7 Å². The summed E-state index contributed by atoms with van der Waals surface area (Å²) in [6.45, 7) is 2.41. The number of nitrogens with one attached hydrogen (secondary N) is 1.